The summed E-state index contributed by atoms with van der Waals surface area (Å²) >= 11 is 0. The van der Waals surface area contributed by atoms with Crippen molar-refractivity contribution in [3.8, 4) is 11.1 Å². The van der Waals surface area contributed by atoms with Crippen LogP contribution in [0.25, 0.3) is 11.1 Å². The number of esters is 2. The van der Waals surface area contributed by atoms with Crippen molar-refractivity contribution in [1.82, 2.24) is 0 Å². The van der Waals surface area contributed by atoms with Crippen molar-refractivity contribution in [3.63, 3.8) is 0 Å². The zero-order valence-electron chi connectivity index (χ0n) is 16.9. The molecule has 0 heterocycles. The fourth-order valence-corrected chi connectivity index (χ4v) is 2.57. The molecule has 0 aliphatic rings. The lowest BCUT2D eigenvalue weighted by Gasteiger charge is -2.08. The number of ether oxygens (including phenoxy) is 2. The topological polar surface area (TPSA) is 111 Å². The molecule has 2 rings (SSSR count). The summed E-state index contributed by atoms with van der Waals surface area (Å²) in [6, 6.07) is 14.5. The van der Waals surface area contributed by atoms with Crippen LogP contribution in [0.2, 0.25) is 0 Å². The molecule has 0 bridgehead atoms. The van der Waals surface area contributed by atoms with Gasteiger partial charge in [0.05, 0.1) is 27.1 Å². The maximum atomic E-state index is 11.8. The Morgan fingerprint density at radius 2 is 0.933 bits per heavy atom. The van der Waals surface area contributed by atoms with Crippen molar-refractivity contribution < 1.29 is 28.7 Å². The number of benzene rings is 2. The third-order valence-electron chi connectivity index (χ3n) is 4.24. The number of anilines is 2. The fourth-order valence-electron chi connectivity index (χ4n) is 2.57. The van der Waals surface area contributed by atoms with Crippen LogP contribution in [0.5, 0.6) is 0 Å². The molecule has 2 N–H and O–H groups in total. The van der Waals surface area contributed by atoms with Gasteiger partial charge < -0.3 is 20.1 Å². The minimum absolute atomic E-state index is 0.0337. The van der Waals surface area contributed by atoms with Crippen molar-refractivity contribution in [2.75, 3.05) is 24.9 Å². The van der Waals surface area contributed by atoms with Crippen LogP contribution in [0, 0.1) is 0 Å². The number of amides is 2. The summed E-state index contributed by atoms with van der Waals surface area (Å²) in [5.74, 6) is -1.38. The van der Waals surface area contributed by atoms with Gasteiger partial charge in [-0.25, -0.2) is 0 Å². The number of hydrogen-bond acceptors (Lipinski definition) is 6. The molecule has 0 unspecified atom stereocenters. The van der Waals surface area contributed by atoms with E-state index in [9.17, 15) is 19.2 Å². The molecule has 8 heteroatoms. The lowest BCUT2D eigenvalue weighted by molar-refractivity contribution is -0.142. The minimum atomic E-state index is -0.427. The van der Waals surface area contributed by atoms with E-state index >= 15 is 0 Å². The van der Waals surface area contributed by atoms with E-state index in [-0.39, 0.29) is 37.5 Å². The van der Waals surface area contributed by atoms with Crippen LogP contribution in [0.1, 0.15) is 25.7 Å². The molecule has 8 nitrogen and oxygen atoms in total. The highest BCUT2D eigenvalue weighted by Gasteiger charge is 2.09. The Balaban J connectivity index is 1.89. The quantitative estimate of drug-likeness (QED) is 0.612. The highest BCUT2D eigenvalue weighted by atomic mass is 16.5. The molecular formula is C22H24N2O6. The van der Waals surface area contributed by atoms with E-state index in [0.29, 0.717) is 11.4 Å². The van der Waals surface area contributed by atoms with Crippen LogP contribution in [-0.4, -0.2) is 38.0 Å². The van der Waals surface area contributed by atoms with Crippen LogP contribution < -0.4 is 10.6 Å². The van der Waals surface area contributed by atoms with Gasteiger partial charge >= 0.3 is 11.9 Å². The van der Waals surface area contributed by atoms with Crippen LogP contribution in [-0.2, 0) is 28.7 Å². The molecule has 0 spiro atoms. The van der Waals surface area contributed by atoms with Crippen molar-refractivity contribution in [2.24, 2.45) is 0 Å². The first-order valence-corrected chi connectivity index (χ1v) is 9.35. The van der Waals surface area contributed by atoms with Crippen LogP contribution in [0.15, 0.2) is 48.5 Å². The van der Waals surface area contributed by atoms with Gasteiger partial charge in [0.2, 0.25) is 11.8 Å². The number of carbonyl (C=O) groups excluding carboxylic acids is 4. The number of nitrogens with one attached hydrogen (secondary N) is 2. The van der Waals surface area contributed by atoms with Gasteiger partial charge in [-0.05, 0) is 35.4 Å². The van der Waals surface area contributed by atoms with Crippen molar-refractivity contribution >= 4 is 35.1 Å². The lowest BCUT2D eigenvalue weighted by atomic mass is 10.0. The lowest BCUT2D eigenvalue weighted by Crippen LogP contribution is -2.14. The minimum Gasteiger partial charge on any atom is -0.469 e. The molecule has 2 aromatic carbocycles. The molecule has 2 aromatic rings. The van der Waals surface area contributed by atoms with E-state index in [2.05, 4.69) is 20.1 Å². The Morgan fingerprint density at radius 3 is 1.23 bits per heavy atom. The fraction of sp³-hybridized carbons (Fsp3) is 0.273. The number of methoxy groups -OCH3 is 2. The van der Waals surface area contributed by atoms with E-state index in [1.165, 1.54) is 14.2 Å². The first kappa shape index (κ1) is 22.6. The van der Waals surface area contributed by atoms with Crippen molar-refractivity contribution in [1.29, 1.82) is 0 Å². The Bertz CT molecular complexity index is 815. The zero-order valence-corrected chi connectivity index (χ0v) is 16.9. The number of carbonyl (C=O) groups is 4. The second kappa shape index (κ2) is 11.4. The Kier molecular flexibility index (Phi) is 8.56. The van der Waals surface area contributed by atoms with E-state index in [4.69, 9.17) is 0 Å². The highest BCUT2D eigenvalue weighted by molar-refractivity contribution is 5.93. The van der Waals surface area contributed by atoms with Gasteiger partial charge in [0.25, 0.3) is 0 Å². The second-order valence-electron chi connectivity index (χ2n) is 6.40. The molecule has 0 fully saturated rings. The average molecular weight is 412 g/mol. The van der Waals surface area contributed by atoms with Gasteiger partial charge in [0.1, 0.15) is 0 Å². The van der Waals surface area contributed by atoms with Crippen LogP contribution in [0.4, 0.5) is 11.4 Å². The molecule has 0 saturated carbocycles. The largest absolute Gasteiger partial charge is 0.469 e. The highest BCUT2D eigenvalue weighted by Crippen LogP contribution is 2.23. The van der Waals surface area contributed by atoms with Crippen molar-refractivity contribution in [3.05, 3.63) is 48.5 Å². The Labute approximate surface area is 174 Å². The van der Waals surface area contributed by atoms with Crippen LogP contribution >= 0.6 is 0 Å². The summed E-state index contributed by atoms with van der Waals surface area (Å²) in [6.45, 7) is 0. The van der Waals surface area contributed by atoms with E-state index in [1.807, 2.05) is 24.3 Å². The first-order chi connectivity index (χ1) is 14.4. The Morgan fingerprint density at radius 1 is 0.600 bits per heavy atom. The van der Waals surface area contributed by atoms with Gasteiger partial charge in [-0.15, -0.1) is 0 Å². The Hall–Kier alpha value is -3.68. The predicted octanol–water partition coefficient (Wildman–Crippen LogP) is 3.14. The maximum absolute atomic E-state index is 11.8. The molecule has 0 aliphatic carbocycles. The standard InChI is InChI=1S/C22H24N2O6/c1-29-21(27)13-11-19(25)23-17-7-3-15(4-8-17)16-5-9-18(10-6-16)24-20(26)12-14-22(28)30-2/h3-10H,11-14H2,1-2H3,(H,23,25)(H,24,26). The summed E-state index contributed by atoms with van der Waals surface area (Å²) in [4.78, 5) is 45.8. The summed E-state index contributed by atoms with van der Waals surface area (Å²) < 4.78 is 9.02. The molecule has 2 amide bonds. The monoisotopic (exact) mass is 412 g/mol. The summed E-state index contributed by atoms with van der Waals surface area (Å²) in [5, 5.41) is 5.46. The molecule has 30 heavy (non-hydrogen) atoms. The predicted molar refractivity (Wildman–Crippen MR) is 112 cm³/mol. The first-order valence-electron chi connectivity index (χ1n) is 9.35. The second-order valence-corrected chi connectivity index (χ2v) is 6.40. The normalized spacial score (nSPS) is 10.1. The number of rotatable bonds is 9. The molecule has 0 radical (unpaired) electrons. The molecule has 0 atom stereocenters. The molecule has 0 saturated heterocycles. The van der Waals surface area contributed by atoms with Gasteiger partial charge in [-0.2, -0.15) is 0 Å². The maximum Gasteiger partial charge on any atom is 0.306 e. The molecule has 158 valence electrons. The molecule has 0 aliphatic heterocycles. The van der Waals surface area contributed by atoms with Crippen molar-refractivity contribution in [2.45, 2.75) is 25.7 Å². The molecule has 0 aromatic heterocycles. The van der Waals surface area contributed by atoms with Gasteiger partial charge in [-0.3, -0.25) is 19.2 Å². The smallest absolute Gasteiger partial charge is 0.306 e. The summed E-state index contributed by atoms with van der Waals surface area (Å²) in [7, 11) is 2.56. The van der Waals surface area contributed by atoms with Gasteiger partial charge in [0, 0.05) is 24.2 Å². The van der Waals surface area contributed by atoms with Gasteiger partial charge in [0.15, 0.2) is 0 Å². The number of hydrogen-bond donors (Lipinski definition) is 2. The summed E-state index contributed by atoms with van der Waals surface area (Å²) in [6.07, 6.45) is 0.181. The van der Waals surface area contributed by atoms with Gasteiger partial charge in [-0.1, -0.05) is 24.3 Å². The summed E-state index contributed by atoms with van der Waals surface area (Å²) in [5.41, 5.74) is 3.13. The average Bonchev–Trinajstić information content (AvgIpc) is 2.76. The zero-order chi connectivity index (χ0) is 21.9. The van der Waals surface area contributed by atoms with E-state index in [0.717, 1.165) is 11.1 Å². The van der Waals surface area contributed by atoms with Crippen LogP contribution in [0.3, 0.4) is 0 Å². The molecular weight excluding hydrogens is 388 g/mol. The SMILES string of the molecule is COC(=O)CCC(=O)Nc1ccc(-c2ccc(NC(=O)CCC(=O)OC)cc2)cc1. The van der Waals surface area contributed by atoms with E-state index < -0.39 is 11.9 Å². The third kappa shape index (κ3) is 7.38. The van der Waals surface area contributed by atoms with E-state index in [1.54, 1.807) is 24.3 Å². The third-order valence-corrected chi connectivity index (χ3v) is 4.24.